The van der Waals surface area contributed by atoms with Crippen molar-refractivity contribution in [1.29, 1.82) is 0 Å². The third kappa shape index (κ3) is 4.65. The van der Waals surface area contributed by atoms with Gasteiger partial charge in [-0.3, -0.25) is 9.59 Å². The zero-order chi connectivity index (χ0) is 25.2. The van der Waals surface area contributed by atoms with Gasteiger partial charge in [0, 0.05) is 11.1 Å². The van der Waals surface area contributed by atoms with Crippen molar-refractivity contribution in [3.8, 4) is 0 Å². The zero-order valence-electron chi connectivity index (χ0n) is 19.0. The summed E-state index contributed by atoms with van der Waals surface area (Å²) in [6, 6.07) is 19.0. The number of ketones is 2. The summed E-state index contributed by atoms with van der Waals surface area (Å²) >= 11 is 0. The molecule has 0 radical (unpaired) electrons. The molecule has 3 aromatic rings. The number of aliphatic hydroxyl groups excluding tert-OH is 2. The molecular weight excluding hydrogens is 467 g/mol. The minimum absolute atomic E-state index is 0.0370. The average Bonchev–Trinajstić information content (AvgIpc) is 3.56. The topological polar surface area (TPSA) is 117 Å². The number of hydrogen-bond donors (Lipinski definition) is 4. The molecule has 0 spiro atoms. The number of ether oxygens (including phenoxy) is 2. The Labute approximate surface area is 206 Å². The smallest absolute Gasteiger partial charge is 0.200 e. The van der Waals surface area contributed by atoms with Crippen LogP contribution in [0.15, 0.2) is 84.2 Å². The van der Waals surface area contributed by atoms with E-state index in [0.29, 0.717) is 16.9 Å². The Bertz CT molecular complexity index is 1330. The molecule has 0 aromatic heterocycles. The predicted octanol–water partition coefficient (Wildman–Crippen LogP) is 3.41. The normalized spacial score (nSPS) is 19.2. The van der Waals surface area contributed by atoms with Gasteiger partial charge >= 0.3 is 0 Å². The van der Waals surface area contributed by atoms with Gasteiger partial charge in [-0.05, 0) is 35.9 Å². The lowest BCUT2D eigenvalue weighted by molar-refractivity contribution is -0.142. The van der Waals surface area contributed by atoms with Gasteiger partial charge in [-0.25, -0.2) is 4.39 Å². The van der Waals surface area contributed by atoms with Gasteiger partial charge in [-0.1, -0.05) is 42.5 Å². The van der Waals surface area contributed by atoms with Crippen LogP contribution in [0.5, 0.6) is 0 Å². The molecule has 3 unspecified atom stereocenters. The largest absolute Gasteiger partial charge is 0.393 e. The summed E-state index contributed by atoms with van der Waals surface area (Å²) in [5.74, 6) is -1.60. The number of halogens is 1. The van der Waals surface area contributed by atoms with Gasteiger partial charge in [0.2, 0.25) is 11.6 Å². The van der Waals surface area contributed by atoms with Crippen molar-refractivity contribution in [2.24, 2.45) is 0 Å². The van der Waals surface area contributed by atoms with Crippen LogP contribution < -0.4 is 10.6 Å². The van der Waals surface area contributed by atoms with Gasteiger partial charge < -0.3 is 30.3 Å². The molecule has 1 fully saturated rings. The van der Waals surface area contributed by atoms with E-state index < -0.39 is 42.5 Å². The molecule has 5 rings (SSSR count). The number of anilines is 2. The minimum atomic E-state index is -1.19. The number of nitrogens with one attached hydrogen (secondary N) is 2. The fraction of sp³-hybridized carbons (Fsp3) is 0.185. The molecule has 36 heavy (non-hydrogen) atoms. The molecule has 2 heterocycles. The second-order valence-corrected chi connectivity index (χ2v) is 8.42. The fourth-order valence-electron chi connectivity index (χ4n) is 4.14. The summed E-state index contributed by atoms with van der Waals surface area (Å²) in [6.45, 7) is -0.397. The molecule has 8 nitrogen and oxygen atoms in total. The van der Waals surface area contributed by atoms with Gasteiger partial charge in [0.05, 0.1) is 24.6 Å². The van der Waals surface area contributed by atoms with Crippen molar-refractivity contribution < 1.29 is 33.7 Å². The maximum atomic E-state index is 13.9. The third-order valence-electron chi connectivity index (χ3n) is 5.97. The molecule has 3 aromatic carbocycles. The Morgan fingerprint density at radius 1 is 0.944 bits per heavy atom. The number of fused-ring (bicyclic) bond motifs is 1. The van der Waals surface area contributed by atoms with Crippen LogP contribution in [0.2, 0.25) is 0 Å². The molecule has 4 N–H and O–H groups in total. The van der Waals surface area contributed by atoms with Crippen LogP contribution in [-0.2, 0) is 9.47 Å². The first kappa shape index (κ1) is 23.8. The van der Waals surface area contributed by atoms with Crippen molar-refractivity contribution in [3.05, 3.63) is 107 Å². The Kier molecular flexibility index (Phi) is 6.62. The second-order valence-electron chi connectivity index (χ2n) is 8.42. The highest BCUT2D eigenvalue weighted by atomic mass is 19.1. The molecule has 2 aliphatic heterocycles. The fourth-order valence-corrected chi connectivity index (χ4v) is 4.14. The number of rotatable bonds is 7. The van der Waals surface area contributed by atoms with Crippen LogP contribution in [0.4, 0.5) is 15.8 Å². The zero-order valence-corrected chi connectivity index (χ0v) is 19.0. The van der Waals surface area contributed by atoms with E-state index in [-0.39, 0.29) is 29.1 Å². The van der Waals surface area contributed by atoms with Gasteiger partial charge in [0.1, 0.15) is 29.4 Å². The second kappa shape index (κ2) is 10.00. The number of allylic oxidation sites excluding steroid dienone is 1. The average molecular weight is 490 g/mol. The predicted molar refractivity (Wildman–Crippen MR) is 129 cm³/mol. The van der Waals surface area contributed by atoms with Gasteiger partial charge in [-0.2, -0.15) is 0 Å². The highest BCUT2D eigenvalue weighted by molar-refractivity contribution is 6.32. The first-order chi connectivity index (χ1) is 17.4. The summed E-state index contributed by atoms with van der Waals surface area (Å²) in [6.07, 6.45) is -2.76. The van der Waals surface area contributed by atoms with Crippen molar-refractivity contribution in [2.45, 2.75) is 18.5 Å². The van der Waals surface area contributed by atoms with Crippen molar-refractivity contribution in [2.75, 3.05) is 23.8 Å². The number of Topliss-reactive ketones (excluding diaryl/α,β-unsaturated/α-hetero) is 2. The van der Waals surface area contributed by atoms with Crippen LogP contribution >= 0.6 is 0 Å². The first-order valence-corrected chi connectivity index (χ1v) is 11.3. The Balaban J connectivity index is 1.50. The monoisotopic (exact) mass is 490 g/mol. The first-order valence-electron chi connectivity index (χ1n) is 11.3. The SMILES string of the molecule is O=C(C(C(=O)c1cccc(C2COC(C(O)CO)O2)c1)=C1Nc2ccccc2N1)c1cccc(F)c1. The molecule has 2 aliphatic rings. The molecule has 3 atom stereocenters. The molecule has 184 valence electrons. The molecule has 0 saturated carbocycles. The van der Waals surface area contributed by atoms with Crippen LogP contribution in [0.3, 0.4) is 0 Å². The van der Waals surface area contributed by atoms with Crippen LogP contribution in [0, 0.1) is 5.82 Å². The lowest BCUT2D eigenvalue weighted by atomic mass is 9.94. The van der Waals surface area contributed by atoms with Gasteiger partial charge in [-0.15, -0.1) is 0 Å². The molecule has 0 bridgehead atoms. The number of aliphatic hydroxyl groups is 2. The quantitative estimate of drug-likeness (QED) is 0.172. The molecule has 1 saturated heterocycles. The van der Waals surface area contributed by atoms with E-state index in [9.17, 15) is 19.1 Å². The Morgan fingerprint density at radius 2 is 1.58 bits per heavy atom. The Morgan fingerprint density at radius 3 is 2.22 bits per heavy atom. The number of carbonyl (C=O) groups excluding carboxylic acids is 2. The Hall–Kier alpha value is -3.89. The lowest BCUT2D eigenvalue weighted by Crippen LogP contribution is -2.30. The standard InChI is InChI=1S/C27H23FN2O6/c28-18-8-4-7-17(12-18)25(34)23(26-29-19-9-1-2-10-20(19)30-26)24(33)16-6-3-5-15(11-16)22-14-35-27(36-22)21(32)13-31/h1-12,21-22,27,29-32H,13-14H2. The minimum Gasteiger partial charge on any atom is -0.393 e. The molecule has 0 aliphatic carbocycles. The van der Waals surface area contributed by atoms with E-state index >= 15 is 0 Å². The van der Waals surface area contributed by atoms with Gasteiger partial charge in [0.25, 0.3) is 0 Å². The van der Waals surface area contributed by atoms with Crippen molar-refractivity contribution in [3.63, 3.8) is 0 Å². The molecular formula is C27H23FN2O6. The summed E-state index contributed by atoms with van der Waals surface area (Å²) in [7, 11) is 0. The van der Waals surface area contributed by atoms with Crippen LogP contribution in [0.25, 0.3) is 0 Å². The number of benzene rings is 3. The number of carbonyl (C=O) groups is 2. The molecule has 0 amide bonds. The summed E-state index contributed by atoms with van der Waals surface area (Å²) < 4.78 is 25.0. The van der Waals surface area contributed by atoms with E-state index in [2.05, 4.69) is 10.6 Å². The number of hydrogen-bond acceptors (Lipinski definition) is 8. The van der Waals surface area contributed by atoms with E-state index in [4.69, 9.17) is 14.6 Å². The van der Waals surface area contributed by atoms with Crippen LogP contribution in [-0.4, -0.2) is 47.4 Å². The van der Waals surface area contributed by atoms with E-state index in [1.165, 1.54) is 18.2 Å². The van der Waals surface area contributed by atoms with E-state index in [1.807, 2.05) is 12.1 Å². The van der Waals surface area contributed by atoms with Crippen LogP contribution in [0.1, 0.15) is 32.4 Å². The highest BCUT2D eigenvalue weighted by Crippen LogP contribution is 2.33. The van der Waals surface area contributed by atoms with E-state index in [1.54, 1.807) is 36.4 Å². The summed E-state index contributed by atoms with van der Waals surface area (Å²) in [4.78, 5) is 27.3. The third-order valence-corrected chi connectivity index (χ3v) is 5.97. The lowest BCUT2D eigenvalue weighted by Gasteiger charge is -2.16. The maximum Gasteiger partial charge on any atom is 0.200 e. The van der Waals surface area contributed by atoms with E-state index in [0.717, 1.165) is 6.07 Å². The summed E-state index contributed by atoms with van der Waals surface area (Å²) in [5, 5.41) is 25.1. The van der Waals surface area contributed by atoms with Crippen molar-refractivity contribution >= 4 is 22.9 Å². The van der Waals surface area contributed by atoms with Gasteiger partial charge in [0.15, 0.2) is 6.29 Å². The maximum absolute atomic E-state index is 13.9. The highest BCUT2D eigenvalue weighted by Gasteiger charge is 2.33. The van der Waals surface area contributed by atoms with Crippen molar-refractivity contribution in [1.82, 2.24) is 0 Å². The summed E-state index contributed by atoms with van der Waals surface area (Å²) in [5.41, 5.74) is 2.08. The molecule has 9 heteroatoms. The number of para-hydroxylation sites is 2.